The molecule has 1 aromatic carbocycles. The van der Waals surface area contributed by atoms with Gasteiger partial charge in [-0.25, -0.2) is 9.18 Å². The number of hydrogen-bond donors (Lipinski definition) is 2. The number of carbonyl (C=O) groups excluding carboxylic acids is 2. The summed E-state index contributed by atoms with van der Waals surface area (Å²) in [4.78, 5) is 34.6. The van der Waals surface area contributed by atoms with Crippen molar-refractivity contribution >= 4 is 17.9 Å². The van der Waals surface area contributed by atoms with E-state index in [0.717, 1.165) is 0 Å². The second kappa shape index (κ2) is 7.98. The summed E-state index contributed by atoms with van der Waals surface area (Å²) in [7, 11) is 1.44. The summed E-state index contributed by atoms with van der Waals surface area (Å²) in [6, 6.07) is 5.39. The fourth-order valence-corrected chi connectivity index (χ4v) is 1.63. The molecule has 0 aliphatic carbocycles. The van der Waals surface area contributed by atoms with E-state index in [2.05, 4.69) is 5.32 Å². The molecule has 0 heterocycles. The van der Waals surface area contributed by atoms with Gasteiger partial charge in [0.25, 0.3) is 0 Å². The van der Waals surface area contributed by atoms with Crippen LogP contribution >= 0.6 is 0 Å². The minimum absolute atomic E-state index is 0.0287. The number of carboxylic acids is 1. The molecule has 3 amide bonds. The van der Waals surface area contributed by atoms with Crippen LogP contribution in [0.3, 0.4) is 0 Å². The lowest BCUT2D eigenvalue weighted by Gasteiger charge is -2.17. The van der Waals surface area contributed by atoms with E-state index >= 15 is 0 Å². The number of nitrogens with zero attached hydrogens (tertiary/aromatic N) is 1. The van der Waals surface area contributed by atoms with Crippen molar-refractivity contribution in [2.24, 2.45) is 0 Å². The van der Waals surface area contributed by atoms with Gasteiger partial charge in [0, 0.05) is 32.0 Å². The average Bonchev–Trinajstić information content (AvgIpc) is 2.40. The summed E-state index contributed by atoms with van der Waals surface area (Å²) in [5.41, 5.74) is 0.341. The van der Waals surface area contributed by atoms with E-state index in [1.165, 1.54) is 18.0 Å². The lowest BCUT2D eigenvalue weighted by molar-refractivity contribution is -0.137. The number of carboxylic acid groups (broad SMARTS) is 1. The SMILES string of the molecule is CN(Cc1ccccc1F)C(=O)NC(=O)CCCC(=O)O. The molecule has 114 valence electrons. The molecular weight excluding hydrogens is 279 g/mol. The first-order chi connectivity index (χ1) is 9.90. The Morgan fingerprint density at radius 1 is 1.24 bits per heavy atom. The van der Waals surface area contributed by atoms with Crippen molar-refractivity contribution in [3.63, 3.8) is 0 Å². The van der Waals surface area contributed by atoms with Gasteiger partial charge in [0.05, 0.1) is 0 Å². The predicted molar refractivity (Wildman–Crippen MR) is 72.9 cm³/mol. The fraction of sp³-hybridized carbons (Fsp3) is 0.357. The van der Waals surface area contributed by atoms with Crippen LogP contribution in [0.1, 0.15) is 24.8 Å². The quantitative estimate of drug-likeness (QED) is 0.837. The molecular formula is C14H17FN2O4. The number of aliphatic carboxylic acids is 1. The summed E-state index contributed by atoms with van der Waals surface area (Å²) < 4.78 is 13.4. The van der Waals surface area contributed by atoms with E-state index in [1.807, 2.05) is 0 Å². The highest BCUT2D eigenvalue weighted by Gasteiger charge is 2.14. The zero-order chi connectivity index (χ0) is 15.8. The summed E-state index contributed by atoms with van der Waals surface area (Å²) in [6.45, 7) is 0.0287. The molecule has 0 spiro atoms. The number of amides is 3. The Bertz CT molecular complexity index is 533. The van der Waals surface area contributed by atoms with Crippen molar-refractivity contribution in [2.45, 2.75) is 25.8 Å². The van der Waals surface area contributed by atoms with Gasteiger partial charge >= 0.3 is 12.0 Å². The molecule has 0 radical (unpaired) electrons. The zero-order valence-corrected chi connectivity index (χ0v) is 11.6. The van der Waals surface area contributed by atoms with E-state index in [4.69, 9.17) is 5.11 Å². The highest BCUT2D eigenvalue weighted by Crippen LogP contribution is 2.08. The third-order valence-electron chi connectivity index (χ3n) is 2.75. The second-order valence-electron chi connectivity index (χ2n) is 4.55. The first kappa shape index (κ1) is 16.6. The molecule has 0 fully saturated rings. The van der Waals surface area contributed by atoms with Crippen LogP contribution in [0.5, 0.6) is 0 Å². The maximum Gasteiger partial charge on any atom is 0.324 e. The number of urea groups is 1. The van der Waals surface area contributed by atoms with Gasteiger partial charge in [-0.15, -0.1) is 0 Å². The predicted octanol–water partition coefficient (Wildman–Crippen LogP) is 1.75. The van der Waals surface area contributed by atoms with Crippen LogP contribution in [-0.2, 0) is 16.1 Å². The molecule has 0 bridgehead atoms. The minimum Gasteiger partial charge on any atom is -0.481 e. The Labute approximate surface area is 121 Å². The van der Waals surface area contributed by atoms with Crippen LogP contribution in [-0.4, -0.2) is 35.0 Å². The molecule has 7 heteroatoms. The number of imide groups is 1. The van der Waals surface area contributed by atoms with E-state index in [9.17, 15) is 18.8 Å². The third kappa shape index (κ3) is 6.03. The van der Waals surface area contributed by atoms with Crippen molar-refractivity contribution in [3.05, 3.63) is 35.6 Å². The van der Waals surface area contributed by atoms with Gasteiger partial charge in [-0.1, -0.05) is 18.2 Å². The molecule has 0 saturated heterocycles. The molecule has 0 aromatic heterocycles. The molecule has 0 unspecified atom stereocenters. The number of hydrogen-bond acceptors (Lipinski definition) is 3. The van der Waals surface area contributed by atoms with Gasteiger partial charge in [0.1, 0.15) is 5.82 Å². The summed E-state index contributed by atoms with van der Waals surface area (Å²) in [5.74, 6) is -1.97. The lowest BCUT2D eigenvalue weighted by atomic mass is 10.2. The van der Waals surface area contributed by atoms with Crippen molar-refractivity contribution in [1.82, 2.24) is 10.2 Å². The summed E-state index contributed by atoms with van der Waals surface area (Å²) >= 11 is 0. The fourth-order valence-electron chi connectivity index (χ4n) is 1.63. The van der Waals surface area contributed by atoms with E-state index in [1.54, 1.807) is 18.2 Å². The van der Waals surface area contributed by atoms with E-state index < -0.39 is 23.7 Å². The van der Waals surface area contributed by atoms with Gasteiger partial charge < -0.3 is 10.0 Å². The zero-order valence-electron chi connectivity index (χ0n) is 11.6. The van der Waals surface area contributed by atoms with Crippen molar-refractivity contribution in [2.75, 3.05) is 7.05 Å². The molecule has 0 atom stereocenters. The first-order valence-electron chi connectivity index (χ1n) is 6.40. The van der Waals surface area contributed by atoms with E-state index in [0.29, 0.717) is 5.56 Å². The topological polar surface area (TPSA) is 86.7 Å². The largest absolute Gasteiger partial charge is 0.481 e. The standard InChI is InChI=1S/C14H17FN2O4/c1-17(9-10-5-2-3-6-11(10)15)14(21)16-12(18)7-4-8-13(19)20/h2-3,5-6H,4,7-9H2,1H3,(H,19,20)(H,16,18,21). The maximum absolute atomic E-state index is 13.4. The lowest BCUT2D eigenvalue weighted by Crippen LogP contribution is -2.40. The number of halogens is 1. The normalized spacial score (nSPS) is 10.0. The molecule has 21 heavy (non-hydrogen) atoms. The molecule has 0 aliphatic rings. The molecule has 6 nitrogen and oxygen atoms in total. The highest BCUT2D eigenvalue weighted by atomic mass is 19.1. The van der Waals surface area contributed by atoms with Crippen LogP contribution in [0.4, 0.5) is 9.18 Å². The highest BCUT2D eigenvalue weighted by molar-refractivity contribution is 5.94. The van der Waals surface area contributed by atoms with E-state index in [-0.39, 0.29) is 25.8 Å². The third-order valence-corrected chi connectivity index (χ3v) is 2.75. The number of nitrogens with one attached hydrogen (secondary N) is 1. The van der Waals surface area contributed by atoms with Crippen molar-refractivity contribution in [1.29, 1.82) is 0 Å². The Hall–Kier alpha value is -2.44. The van der Waals surface area contributed by atoms with Crippen LogP contribution in [0.2, 0.25) is 0 Å². The number of rotatable bonds is 6. The molecule has 0 saturated carbocycles. The first-order valence-corrected chi connectivity index (χ1v) is 6.40. The second-order valence-corrected chi connectivity index (χ2v) is 4.55. The molecule has 1 rings (SSSR count). The van der Waals surface area contributed by atoms with Gasteiger partial charge in [0.15, 0.2) is 0 Å². The molecule has 2 N–H and O–H groups in total. The monoisotopic (exact) mass is 296 g/mol. The van der Waals surface area contributed by atoms with Crippen LogP contribution in [0, 0.1) is 5.82 Å². The Morgan fingerprint density at radius 3 is 2.52 bits per heavy atom. The Balaban J connectivity index is 2.42. The van der Waals surface area contributed by atoms with Crippen LogP contribution < -0.4 is 5.32 Å². The summed E-state index contributed by atoms with van der Waals surface area (Å²) in [5, 5.41) is 10.6. The summed E-state index contributed by atoms with van der Waals surface area (Å²) in [6.07, 6.45) is -0.0241. The maximum atomic E-state index is 13.4. The smallest absolute Gasteiger partial charge is 0.324 e. The van der Waals surface area contributed by atoms with Gasteiger partial charge in [-0.05, 0) is 12.5 Å². The Kier molecular flexibility index (Phi) is 6.32. The average molecular weight is 296 g/mol. The molecule has 0 aliphatic heterocycles. The number of carbonyl (C=O) groups is 3. The van der Waals surface area contributed by atoms with Crippen molar-refractivity contribution in [3.8, 4) is 0 Å². The van der Waals surface area contributed by atoms with Gasteiger partial charge in [-0.3, -0.25) is 14.9 Å². The number of benzene rings is 1. The van der Waals surface area contributed by atoms with Crippen molar-refractivity contribution < 1.29 is 23.9 Å². The van der Waals surface area contributed by atoms with Gasteiger partial charge in [-0.2, -0.15) is 0 Å². The van der Waals surface area contributed by atoms with Crippen LogP contribution in [0.25, 0.3) is 0 Å². The van der Waals surface area contributed by atoms with Crippen LogP contribution in [0.15, 0.2) is 24.3 Å². The molecule has 1 aromatic rings. The Morgan fingerprint density at radius 2 is 1.90 bits per heavy atom. The van der Waals surface area contributed by atoms with Gasteiger partial charge in [0.2, 0.25) is 5.91 Å². The minimum atomic E-state index is -0.995.